The first-order valence-corrected chi connectivity index (χ1v) is 7.15. The number of amides is 1. The zero-order chi connectivity index (χ0) is 15.5. The van der Waals surface area contributed by atoms with Gasteiger partial charge in [0, 0.05) is 18.5 Å². The lowest BCUT2D eigenvalue weighted by Crippen LogP contribution is -2.50. The normalized spacial score (nSPS) is 21.5. The highest BCUT2D eigenvalue weighted by molar-refractivity contribution is 5.91. The molecular weight excluding hydrogens is 290 g/mol. The van der Waals surface area contributed by atoms with Crippen molar-refractivity contribution >= 4 is 5.91 Å². The fourth-order valence-electron chi connectivity index (χ4n) is 2.80. The van der Waals surface area contributed by atoms with E-state index in [1.165, 1.54) is 12.3 Å². The van der Waals surface area contributed by atoms with Gasteiger partial charge in [0.15, 0.2) is 17.4 Å². The number of rotatable bonds is 3. The Kier molecular flexibility index (Phi) is 4.20. The molecule has 2 N–H and O–H groups in total. The van der Waals surface area contributed by atoms with Gasteiger partial charge >= 0.3 is 0 Å². The van der Waals surface area contributed by atoms with Crippen LogP contribution in [0.15, 0.2) is 41.0 Å². The van der Waals surface area contributed by atoms with Crippen molar-refractivity contribution in [3.8, 4) is 0 Å². The minimum Gasteiger partial charge on any atom is -0.459 e. The highest BCUT2D eigenvalue weighted by Crippen LogP contribution is 2.27. The number of furan rings is 1. The van der Waals surface area contributed by atoms with Crippen LogP contribution in [-0.2, 0) is 0 Å². The van der Waals surface area contributed by atoms with Crippen molar-refractivity contribution in [2.24, 2.45) is 0 Å². The first-order chi connectivity index (χ1) is 10.6. The second kappa shape index (κ2) is 6.27. The van der Waals surface area contributed by atoms with Gasteiger partial charge in [-0.25, -0.2) is 8.78 Å². The maximum atomic E-state index is 13.5. The molecule has 1 aliphatic heterocycles. The van der Waals surface area contributed by atoms with Gasteiger partial charge in [0.1, 0.15) is 0 Å². The van der Waals surface area contributed by atoms with E-state index in [4.69, 9.17) is 4.42 Å². The molecule has 1 aromatic carbocycles. The topological polar surface area (TPSA) is 54.3 Å². The number of carbonyl (C=O) groups excluding carboxylic acids is 1. The van der Waals surface area contributed by atoms with E-state index in [1.54, 1.807) is 18.2 Å². The predicted octanol–water partition coefficient (Wildman–Crippen LogP) is 2.43. The lowest BCUT2D eigenvalue weighted by atomic mass is 9.86. The molecule has 0 saturated carbocycles. The Labute approximate surface area is 126 Å². The Morgan fingerprint density at radius 2 is 2.14 bits per heavy atom. The van der Waals surface area contributed by atoms with Crippen molar-refractivity contribution in [3.05, 3.63) is 59.6 Å². The van der Waals surface area contributed by atoms with Gasteiger partial charge in [-0.3, -0.25) is 4.79 Å². The standard InChI is InChI=1S/C16H16F2N2O2/c17-12-4-3-10(8-13(12)18)11-5-6-19-9-14(11)20-16(21)15-2-1-7-22-15/h1-4,7-8,11,14,19H,5-6,9H2,(H,20,21). The van der Waals surface area contributed by atoms with Crippen molar-refractivity contribution in [2.45, 2.75) is 18.4 Å². The molecule has 0 radical (unpaired) electrons. The summed E-state index contributed by atoms with van der Waals surface area (Å²) in [4.78, 5) is 12.1. The van der Waals surface area contributed by atoms with Gasteiger partial charge in [-0.2, -0.15) is 0 Å². The quantitative estimate of drug-likeness (QED) is 0.916. The Hall–Kier alpha value is -2.21. The first kappa shape index (κ1) is 14.7. The maximum absolute atomic E-state index is 13.5. The molecule has 1 aromatic heterocycles. The van der Waals surface area contributed by atoms with Crippen molar-refractivity contribution in [2.75, 3.05) is 13.1 Å². The van der Waals surface area contributed by atoms with Crippen LogP contribution >= 0.6 is 0 Å². The third-order valence-corrected chi connectivity index (χ3v) is 3.92. The molecule has 1 saturated heterocycles. The third-order valence-electron chi connectivity index (χ3n) is 3.92. The average Bonchev–Trinajstić information content (AvgIpc) is 3.05. The molecule has 1 aliphatic rings. The highest BCUT2D eigenvalue weighted by atomic mass is 19.2. The fourth-order valence-corrected chi connectivity index (χ4v) is 2.80. The second-order valence-electron chi connectivity index (χ2n) is 5.33. The number of halogens is 2. The number of piperidine rings is 1. The largest absolute Gasteiger partial charge is 0.459 e. The molecule has 2 aromatic rings. The summed E-state index contributed by atoms with van der Waals surface area (Å²) in [6.45, 7) is 1.33. The molecule has 1 fully saturated rings. The van der Waals surface area contributed by atoms with Gasteiger partial charge in [-0.05, 0) is 42.8 Å². The summed E-state index contributed by atoms with van der Waals surface area (Å²) in [7, 11) is 0. The van der Waals surface area contributed by atoms with E-state index >= 15 is 0 Å². The van der Waals surface area contributed by atoms with E-state index in [1.807, 2.05) is 0 Å². The van der Waals surface area contributed by atoms with Crippen LogP contribution in [0.2, 0.25) is 0 Å². The number of hydrogen-bond donors (Lipinski definition) is 2. The van der Waals surface area contributed by atoms with E-state index in [9.17, 15) is 13.6 Å². The molecule has 0 spiro atoms. The molecule has 3 rings (SSSR count). The second-order valence-corrected chi connectivity index (χ2v) is 5.33. The predicted molar refractivity (Wildman–Crippen MR) is 76.5 cm³/mol. The summed E-state index contributed by atoms with van der Waals surface area (Å²) in [6.07, 6.45) is 2.16. The van der Waals surface area contributed by atoms with Gasteiger partial charge in [0.25, 0.3) is 5.91 Å². The minimum atomic E-state index is -0.868. The number of hydrogen-bond acceptors (Lipinski definition) is 3. The van der Waals surface area contributed by atoms with E-state index in [2.05, 4.69) is 10.6 Å². The molecule has 0 bridgehead atoms. The van der Waals surface area contributed by atoms with Gasteiger partial charge < -0.3 is 15.1 Å². The molecule has 6 heteroatoms. The van der Waals surface area contributed by atoms with Crippen LogP contribution in [0.5, 0.6) is 0 Å². The third kappa shape index (κ3) is 3.01. The van der Waals surface area contributed by atoms with E-state index < -0.39 is 11.6 Å². The van der Waals surface area contributed by atoms with Crippen LogP contribution in [0.25, 0.3) is 0 Å². The number of nitrogens with one attached hydrogen (secondary N) is 2. The van der Waals surface area contributed by atoms with Gasteiger partial charge in [0.05, 0.1) is 6.26 Å². The van der Waals surface area contributed by atoms with Crippen LogP contribution in [0, 0.1) is 11.6 Å². The Morgan fingerprint density at radius 1 is 1.27 bits per heavy atom. The average molecular weight is 306 g/mol. The summed E-state index contributed by atoms with van der Waals surface area (Å²) in [5.74, 6) is -1.89. The van der Waals surface area contributed by atoms with Crippen LogP contribution < -0.4 is 10.6 Å². The number of carbonyl (C=O) groups is 1. The molecule has 4 nitrogen and oxygen atoms in total. The highest BCUT2D eigenvalue weighted by Gasteiger charge is 2.29. The van der Waals surface area contributed by atoms with Crippen molar-refractivity contribution in [3.63, 3.8) is 0 Å². The van der Waals surface area contributed by atoms with E-state index in [-0.39, 0.29) is 23.6 Å². The smallest absolute Gasteiger partial charge is 0.287 e. The molecule has 2 heterocycles. The maximum Gasteiger partial charge on any atom is 0.287 e. The van der Waals surface area contributed by atoms with Crippen molar-refractivity contribution in [1.29, 1.82) is 0 Å². The zero-order valence-electron chi connectivity index (χ0n) is 11.8. The Morgan fingerprint density at radius 3 is 2.86 bits per heavy atom. The van der Waals surface area contributed by atoms with Gasteiger partial charge in [0.2, 0.25) is 0 Å². The Balaban J connectivity index is 1.79. The van der Waals surface area contributed by atoms with Crippen LogP contribution in [0.3, 0.4) is 0 Å². The Bertz CT molecular complexity index is 658. The SMILES string of the molecule is O=C(NC1CNCCC1c1ccc(F)c(F)c1)c1ccco1. The lowest BCUT2D eigenvalue weighted by Gasteiger charge is -2.33. The molecular formula is C16H16F2N2O2. The van der Waals surface area contributed by atoms with Crippen LogP contribution in [0.4, 0.5) is 8.78 Å². The molecule has 116 valence electrons. The molecule has 22 heavy (non-hydrogen) atoms. The van der Waals surface area contributed by atoms with E-state index in [0.717, 1.165) is 19.0 Å². The van der Waals surface area contributed by atoms with Gasteiger partial charge in [-0.15, -0.1) is 0 Å². The summed E-state index contributed by atoms with van der Waals surface area (Å²) in [5.41, 5.74) is 0.685. The van der Waals surface area contributed by atoms with E-state index in [0.29, 0.717) is 12.1 Å². The summed E-state index contributed by atoms with van der Waals surface area (Å²) < 4.78 is 31.6. The summed E-state index contributed by atoms with van der Waals surface area (Å²) in [5, 5.41) is 6.09. The molecule has 2 unspecified atom stereocenters. The molecule has 2 atom stereocenters. The zero-order valence-corrected chi connectivity index (χ0v) is 11.8. The van der Waals surface area contributed by atoms with Crippen molar-refractivity contribution < 1.29 is 18.0 Å². The summed E-state index contributed by atoms with van der Waals surface area (Å²) >= 11 is 0. The summed E-state index contributed by atoms with van der Waals surface area (Å²) in [6, 6.07) is 6.91. The fraction of sp³-hybridized carbons (Fsp3) is 0.312. The van der Waals surface area contributed by atoms with Crippen LogP contribution in [0.1, 0.15) is 28.5 Å². The van der Waals surface area contributed by atoms with Crippen molar-refractivity contribution in [1.82, 2.24) is 10.6 Å². The first-order valence-electron chi connectivity index (χ1n) is 7.15. The lowest BCUT2D eigenvalue weighted by molar-refractivity contribution is 0.0896. The number of benzene rings is 1. The molecule has 0 aliphatic carbocycles. The minimum absolute atomic E-state index is 0.0738. The monoisotopic (exact) mass is 306 g/mol. The molecule has 1 amide bonds. The van der Waals surface area contributed by atoms with Crippen LogP contribution in [-0.4, -0.2) is 25.0 Å². The van der Waals surface area contributed by atoms with Gasteiger partial charge in [-0.1, -0.05) is 6.07 Å².